The minimum Gasteiger partial charge on any atom is -0.481 e. The molecule has 1 aromatic heterocycles. The number of hydrogen-bond acceptors (Lipinski definition) is 3. The Hall–Kier alpha value is -2.75. The number of fused-ring (bicyclic) bond motifs is 1. The van der Waals surface area contributed by atoms with Gasteiger partial charge in [0.05, 0.1) is 17.1 Å². The van der Waals surface area contributed by atoms with Crippen LogP contribution >= 0.6 is 0 Å². The Labute approximate surface area is 122 Å². The summed E-state index contributed by atoms with van der Waals surface area (Å²) in [7, 11) is 0. The molecule has 0 aliphatic heterocycles. The van der Waals surface area contributed by atoms with E-state index in [0.29, 0.717) is 11.5 Å². The third-order valence-corrected chi connectivity index (χ3v) is 3.45. The molecule has 0 aliphatic rings. The summed E-state index contributed by atoms with van der Waals surface area (Å²) >= 11 is 0. The molecule has 1 atom stereocenters. The molecule has 0 saturated carbocycles. The van der Waals surface area contributed by atoms with Gasteiger partial charge in [-0.15, -0.1) is 0 Å². The predicted octanol–water partition coefficient (Wildman–Crippen LogP) is 3.48. The second kappa shape index (κ2) is 5.32. The quantitative estimate of drug-likeness (QED) is 0.796. The number of aliphatic carboxylic acids is 1. The average Bonchev–Trinajstić information content (AvgIpc) is 2.54. The Morgan fingerprint density at radius 1 is 1.00 bits per heavy atom. The van der Waals surface area contributed by atoms with Gasteiger partial charge in [0, 0.05) is 10.9 Å². The molecule has 21 heavy (non-hydrogen) atoms. The summed E-state index contributed by atoms with van der Waals surface area (Å²) in [6, 6.07) is 17.1. The largest absolute Gasteiger partial charge is 0.481 e. The lowest BCUT2D eigenvalue weighted by atomic mass is 10.0. The number of carbonyl (C=O) groups is 1. The zero-order valence-corrected chi connectivity index (χ0v) is 11.5. The van der Waals surface area contributed by atoms with Gasteiger partial charge >= 0.3 is 5.97 Å². The summed E-state index contributed by atoms with van der Waals surface area (Å²) in [5.41, 5.74) is 2.18. The van der Waals surface area contributed by atoms with Crippen molar-refractivity contribution in [1.82, 2.24) is 9.97 Å². The predicted molar refractivity (Wildman–Crippen MR) is 81.0 cm³/mol. The number of hydrogen-bond donors (Lipinski definition) is 1. The molecule has 0 spiro atoms. The van der Waals surface area contributed by atoms with Crippen molar-refractivity contribution in [2.24, 2.45) is 0 Å². The molecule has 0 fully saturated rings. The summed E-state index contributed by atoms with van der Waals surface area (Å²) < 4.78 is 0. The van der Waals surface area contributed by atoms with Gasteiger partial charge in [0.15, 0.2) is 5.82 Å². The lowest BCUT2D eigenvalue weighted by Crippen LogP contribution is -2.11. The molecule has 3 aromatic rings. The van der Waals surface area contributed by atoms with Crippen LogP contribution in [0.2, 0.25) is 0 Å². The van der Waals surface area contributed by atoms with Crippen molar-refractivity contribution in [2.75, 3.05) is 0 Å². The van der Waals surface area contributed by atoms with Gasteiger partial charge in [-0.3, -0.25) is 4.79 Å². The number of carboxylic acids is 1. The highest BCUT2D eigenvalue weighted by Crippen LogP contribution is 2.26. The SMILES string of the molecule is CC(C(=O)O)c1nc(-c2ccccc2)nc2ccccc12. The molecule has 1 N–H and O–H groups in total. The molecule has 1 heterocycles. The van der Waals surface area contributed by atoms with E-state index in [1.165, 1.54) is 0 Å². The molecule has 4 heteroatoms. The van der Waals surface area contributed by atoms with Crippen LogP contribution < -0.4 is 0 Å². The fourth-order valence-corrected chi connectivity index (χ4v) is 2.26. The average molecular weight is 278 g/mol. The Morgan fingerprint density at radius 3 is 2.38 bits per heavy atom. The lowest BCUT2D eigenvalue weighted by Gasteiger charge is -2.11. The second-order valence-electron chi connectivity index (χ2n) is 4.88. The fraction of sp³-hybridized carbons (Fsp3) is 0.118. The molecular weight excluding hydrogens is 264 g/mol. The van der Waals surface area contributed by atoms with Gasteiger partial charge < -0.3 is 5.11 Å². The standard InChI is InChI=1S/C17H14N2O2/c1-11(17(20)21)15-13-9-5-6-10-14(13)18-16(19-15)12-7-3-2-4-8-12/h2-11H,1H3,(H,20,21). The van der Waals surface area contributed by atoms with E-state index in [1.807, 2.05) is 54.6 Å². The molecule has 4 nitrogen and oxygen atoms in total. The Balaban J connectivity index is 2.27. The van der Waals surface area contributed by atoms with Gasteiger partial charge in [0.2, 0.25) is 0 Å². The Morgan fingerprint density at radius 2 is 1.67 bits per heavy atom. The lowest BCUT2D eigenvalue weighted by molar-refractivity contribution is -0.138. The molecule has 0 saturated heterocycles. The summed E-state index contributed by atoms with van der Waals surface area (Å²) in [6.07, 6.45) is 0. The van der Waals surface area contributed by atoms with E-state index in [4.69, 9.17) is 0 Å². The van der Waals surface area contributed by atoms with Gasteiger partial charge in [-0.1, -0.05) is 48.5 Å². The van der Waals surface area contributed by atoms with Crippen LogP contribution in [-0.2, 0) is 4.79 Å². The molecule has 1 unspecified atom stereocenters. The molecule has 0 aliphatic carbocycles. The second-order valence-corrected chi connectivity index (χ2v) is 4.88. The molecule has 3 rings (SSSR count). The number of para-hydroxylation sites is 1. The Bertz CT molecular complexity index is 800. The molecule has 0 amide bonds. The van der Waals surface area contributed by atoms with Crippen LogP contribution in [0.15, 0.2) is 54.6 Å². The van der Waals surface area contributed by atoms with Gasteiger partial charge in [0.1, 0.15) is 0 Å². The van der Waals surface area contributed by atoms with Gasteiger partial charge in [-0.2, -0.15) is 0 Å². The molecule has 0 bridgehead atoms. The van der Waals surface area contributed by atoms with Crippen LogP contribution in [0, 0.1) is 0 Å². The first kappa shape index (κ1) is 13.2. The number of carboxylic acid groups (broad SMARTS) is 1. The van der Waals surface area contributed by atoms with Crippen molar-refractivity contribution < 1.29 is 9.90 Å². The van der Waals surface area contributed by atoms with Gasteiger partial charge in [0.25, 0.3) is 0 Å². The zero-order chi connectivity index (χ0) is 14.8. The minimum atomic E-state index is -0.891. The first-order valence-corrected chi connectivity index (χ1v) is 6.71. The first-order valence-electron chi connectivity index (χ1n) is 6.71. The third-order valence-electron chi connectivity index (χ3n) is 3.45. The first-order chi connectivity index (χ1) is 10.2. The maximum Gasteiger partial charge on any atom is 0.312 e. The highest BCUT2D eigenvalue weighted by atomic mass is 16.4. The fourth-order valence-electron chi connectivity index (χ4n) is 2.26. The van der Waals surface area contributed by atoms with Crippen LogP contribution in [0.1, 0.15) is 18.5 Å². The molecule has 104 valence electrons. The van der Waals surface area contributed by atoms with Crippen molar-refractivity contribution in [3.05, 3.63) is 60.3 Å². The summed E-state index contributed by atoms with van der Waals surface area (Å²) in [4.78, 5) is 20.4. The van der Waals surface area contributed by atoms with E-state index in [-0.39, 0.29) is 0 Å². The number of rotatable bonds is 3. The maximum absolute atomic E-state index is 11.3. The van der Waals surface area contributed by atoms with Crippen LogP contribution in [0.5, 0.6) is 0 Å². The van der Waals surface area contributed by atoms with Crippen molar-refractivity contribution >= 4 is 16.9 Å². The number of nitrogens with zero attached hydrogens (tertiary/aromatic N) is 2. The smallest absolute Gasteiger partial charge is 0.312 e. The monoisotopic (exact) mass is 278 g/mol. The van der Waals surface area contributed by atoms with E-state index in [9.17, 15) is 9.90 Å². The van der Waals surface area contributed by atoms with Crippen LogP contribution in [-0.4, -0.2) is 21.0 Å². The van der Waals surface area contributed by atoms with Crippen LogP contribution in [0.3, 0.4) is 0 Å². The van der Waals surface area contributed by atoms with Crippen molar-refractivity contribution in [2.45, 2.75) is 12.8 Å². The molecule has 0 radical (unpaired) electrons. The van der Waals surface area contributed by atoms with Crippen LogP contribution in [0.4, 0.5) is 0 Å². The zero-order valence-electron chi connectivity index (χ0n) is 11.5. The maximum atomic E-state index is 11.3. The topological polar surface area (TPSA) is 63.1 Å². The Kier molecular flexibility index (Phi) is 3.36. The van der Waals surface area contributed by atoms with E-state index in [0.717, 1.165) is 16.5 Å². The van der Waals surface area contributed by atoms with E-state index in [1.54, 1.807) is 6.92 Å². The number of benzene rings is 2. The third kappa shape index (κ3) is 2.48. The normalized spacial score (nSPS) is 12.2. The highest BCUT2D eigenvalue weighted by molar-refractivity contribution is 5.88. The van der Waals surface area contributed by atoms with Crippen LogP contribution in [0.25, 0.3) is 22.3 Å². The highest BCUT2D eigenvalue weighted by Gasteiger charge is 2.20. The minimum absolute atomic E-state index is 0.548. The summed E-state index contributed by atoms with van der Waals surface area (Å²) in [5, 5.41) is 10.1. The number of aromatic nitrogens is 2. The molecular formula is C17H14N2O2. The summed E-state index contributed by atoms with van der Waals surface area (Å²) in [5.74, 6) is -1.02. The van der Waals surface area contributed by atoms with Gasteiger partial charge in [-0.05, 0) is 13.0 Å². The van der Waals surface area contributed by atoms with Crippen molar-refractivity contribution in [3.8, 4) is 11.4 Å². The van der Waals surface area contributed by atoms with E-state index >= 15 is 0 Å². The van der Waals surface area contributed by atoms with E-state index in [2.05, 4.69) is 9.97 Å². The van der Waals surface area contributed by atoms with Gasteiger partial charge in [-0.25, -0.2) is 9.97 Å². The van der Waals surface area contributed by atoms with Crippen molar-refractivity contribution in [1.29, 1.82) is 0 Å². The summed E-state index contributed by atoms with van der Waals surface area (Å²) in [6.45, 7) is 1.64. The van der Waals surface area contributed by atoms with E-state index < -0.39 is 11.9 Å². The molecule has 2 aromatic carbocycles. The van der Waals surface area contributed by atoms with Crippen molar-refractivity contribution in [3.63, 3.8) is 0 Å².